The maximum atomic E-state index is 13.4. The number of carbonyl (C=O) groups is 1. The minimum atomic E-state index is -4.42. The van der Waals surface area contributed by atoms with Crippen molar-refractivity contribution in [3.63, 3.8) is 0 Å². The highest BCUT2D eigenvalue weighted by molar-refractivity contribution is 5.95. The molecule has 1 aromatic heterocycles. The molecule has 1 aliphatic rings. The number of nitrogens with one attached hydrogen (secondary N) is 3. The Morgan fingerprint density at radius 2 is 1.93 bits per heavy atom. The first-order valence-electron chi connectivity index (χ1n) is 8.86. The van der Waals surface area contributed by atoms with Crippen LogP contribution in [0.25, 0.3) is 0 Å². The second kappa shape index (κ2) is 11.9. The average Bonchev–Trinajstić information content (AvgIpc) is 2.69. The Morgan fingerprint density at radius 1 is 1.20 bits per heavy atom. The van der Waals surface area contributed by atoms with Crippen LogP contribution in [0.3, 0.4) is 0 Å². The minimum absolute atomic E-state index is 0. The summed E-state index contributed by atoms with van der Waals surface area (Å²) in [4.78, 5) is 21.8. The summed E-state index contributed by atoms with van der Waals surface area (Å²) in [5.41, 5.74) is 0.845. The van der Waals surface area contributed by atoms with Gasteiger partial charge in [-0.2, -0.15) is 13.2 Å². The highest BCUT2D eigenvalue weighted by Crippen LogP contribution is 2.25. The lowest BCUT2D eigenvalue weighted by molar-refractivity contribution is -0.183. The molecule has 1 unspecified atom stereocenters. The van der Waals surface area contributed by atoms with E-state index in [1.54, 1.807) is 24.3 Å². The van der Waals surface area contributed by atoms with Gasteiger partial charge in [0.2, 0.25) is 0 Å². The molecular formula is C18H23Cl2F3N6O. The largest absolute Gasteiger partial charge is 0.405 e. The summed E-state index contributed by atoms with van der Waals surface area (Å²) in [6.07, 6.45) is 0.158. The van der Waals surface area contributed by atoms with Crippen molar-refractivity contribution in [2.75, 3.05) is 38.0 Å². The smallest absolute Gasteiger partial charge is 0.350 e. The van der Waals surface area contributed by atoms with Crippen LogP contribution in [0, 0.1) is 0 Å². The van der Waals surface area contributed by atoms with Crippen LogP contribution in [0.5, 0.6) is 0 Å². The number of rotatable bonds is 6. The number of hydrogen-bond donors (Lipinski definition) is 3. The number of hydrogen-bond acceptors (Lipinski definition) is 6. The van der Waals surface area contributed by atoms with Crippen LogP contribution in [0.15, 0.2) is 42.9 Å². The van der Waals surface area contributed by atoms with Crippen molar-refractivity contribution in [2.24, 2.45) is 0 Å². The molecule has 0 saturated carbocycles. The quantitative estimate of drug-likeness (QED) is 0.606. The van der Waals surface area contributed by atoms with Gasteiger partial charge >= 0.3 is 6.18 Å². The van der Waals surface area contributed by atoms with Crippen molar-refractivity contribution in [1.82, 2.24) is 25.5 Å². The molecule has 3 rings (SSSR count). The van der Waals surface area contributed by atoms with Crippen LogP contribution in [-0.2, 0) is 0 Å². The topological polar surface area (TPSA) is 82.2 Å². The zero-order valence-electron chi connectivity index (χ0n) is 15.9. The Morgan fingerprint density at radius 3 is 2.57 bits per heavy atom. The molecule has 0 radical (unpaired) electrons. The monoisotopic (exact) mass is 466 g/mol. The van der Waals surface area contributed by atoms with Crippen molar-refractivity contribution >= 4 is 42.2 Å². The number of alkyl halides is 3. The summed E-state index contributed by atoms with van der Waals surface area (Å²) < 4.78 is 40.3. The zero-order valence-corrected chi connectivity index (χ0v) is 17.5. The first-order chi connectivity index (χ1) is 13.4. The first-order valence-corrected chi connectivity index (χ1v) is 8.86. The summed E-state index contributed by atoms with van der Waals surface area (Å²) in [7, 11) is 0. The molecule has 3 N–H and O–H groups in total. The third kappa shape index (κ3) is 7.28. The zero-order chi connectivity index (χ0) is 20.0. The lowest BCUT2D eigenvalue weighted by Gasteiger charge is -2.35. The van der Waals surface area contributed by atoms with E-state index in [-0.39, 0.29) is 43.5 Å². The van der Waals surface area contributed by atoms with Crippen LogP contribution in [0.4, 0.5) is 24.7 Å². The molecule has 2 heterocycles. The maximum Gasteiger partial charge on any atom is 0.405 e. The van der Waals surface area contributed by atoms with Gasteiger partial charge in [-0.1, -0.05) is 6.07 Å². The maximum absolute atomic E-state index is 13.4. The SMILES string of the molecule is Cl.Cl.O=C(NCC(N1CCNCC1)C(F)(F)F)c1cccc(Nc2cnccn2)c1. The standard InChI is InChI=1S/C18H21F3N6O.2ClH/c19-18(20,21)15(27-8-6-22-7-9-27)11-25-17(28)13-2-1-3-14(10-13)26-16-12-23-4-5-24-16;;/h1-5,10,12,15,22H,6-9,11H2,(H,24,26)(H,25,28);2*1H. The number of carbonyl (C=O) groups excluding carboxylic acids is 1. The minimum Gasteiger partial charge on any atom is -0.350 e. The van der Waals surface area contributed by atoms with Gasteiger partial charge < -0.3 is 16.0 Å². The second-order valence-electron chi connectivity index (χ2n) is 6.35. The number of aromatic nitrogens is 2. The number of anilines is 2. The fourth-order valence-electron chi connectivity index (χ4n) is 2.99. The van der Waals surface area contributed by atoms with Crippen molar-refractivity contribution < 1.29 is 18.0 Å². The molecule has 30 heavy (non-hydrogen) atoms. The van der Waals surface area contributed by atoms with Gasteiger partial charge in [-0.3, -0.25) is 14.7 Å². The average molecular weight is 467 g/mol. The fraction of sp³-hybridized carbons (Fsp3) is 0.389. The van der Waals surface area contributed by atoms with Crippen molar-refractivity contribution in [3.05, 3.63) is 48.4 Å². The van der Waals surface area contributed by atoms with Gasteiger partial charge in [0.25, 0.3) is 5.91 Å². The van der Waals surface area contributed by atoms with Gasteiger partial charge in [0.1, 0.15) is 11.9 Å². The molecular weight excluding hydrogens is 444 g/mol. The molecule has 12 heteroatoms. The molecule has 1 aromatic carbocycles. The molecule has 0 bridgehead atoms. The number of halogens is 5. The van der Waals surface area contributed by atoms with E-state index in [0.717, 1.165) is 0 Å². The first kappa shape index (κ1) is 25.9. The van der Waals surface area contributed by atoms with Crippen LogP contribution >= 0.6 is 24.8 Å². The molecule has 1 fully saturated rings. The van der Waals surface area contributed by atoms with Crippen LogP contribution < -0.4 is 16.0 Å². The van der Waals surface area contributed by atoms with Gasteiger partial charge in [-0.05, 0) is 18.2 Å². The van der Waals surface area contributed by atoms with E-state index >= 15 is 0 Å². The van der Waals surface area contributed by atoms with E-state index < -0.39 is 24.7 Å². The summed E-state index contributed by atoms with van der Waals surface area (Å²) in [5, 5.41) is 8.43. The predicted octanol–water partition coefficient (Wildman–Crippen LogP) is 2.63. The van der Waals surface area contributed by atoms with Gasteiger partial charge in [0.05, 0.1) is 6.20 Å². The highest BCUT2D eigenvalue weighted by atomic mass is 35.5. The lowest BCUT2D eigenvalue weighted by atomic mass is 10.1. The Bertz CT molecular complexity index is 791. The third-order valence-electron chi connectivity index (χ3n) is 4.39. The fourth-order valence-corrected chi connectivity index (χ4v) is 2.99. The van der Waals surface area contributed by atoms with Crippen molar-refractivity contribution in [3.8, 4) is 0 Å². The number of benzene rings is 1. The molecule has 1 aliphatic heterocycles. The molecule has 2 aromatic rings. The van der Waals surface area contributed by atoms with E-state index in [1.807, 2.05) is 0 Å². The Labute approximate surface area is 184 Å². The Balaban J connectivity index is 0.00000225. The summed E-state index contributed by atoms with van der Waals surface area (Å²) in [6.45, 7) is 1.08. The van der Waals surface area contributed by atoms with E-state index in [1.165, 1.54) is 23.5 Å². The van der Waals surface area contributed by atoms with Gasteiger partial charge in [-0.25, -0.2) is 4.98 Å². The van der Waals surface area contributed by atoms with Gasteiger partial charge in [-0.15, -0.1) is 24.8 Å². The van der Waals surface area contributed by atoms with Crippen LogP contribution in [0.1, 0.15) is 10.4 Å². The summed E-state index contributed by atoms with van der Waals surface area (Å²) >= 11 is 0. The predicted molar refractivity (Wildman–Crippen MR) is 113 cm³/mol. The third-order valence-corrected chi connectivity index (χ3v) is 4.39. The van der Waals surface area contributed by atoms with Crippen molar-refractivity contribution in [2.45, 2.75) is 12.2 Å². The van der Waals surface area contributed by atoms with Crippen LogP contribution in [-0.4, -0.2) is 65.7 Å². The summed E-state index contributed by atoms with van der Waals surface area (Å²) in [6, 6.07) is 4.76. The van der Waals surface area contributed by atoms with E-state index in [4.69, 9.17) is 0 Å². The number of amides is 1. The molecule has 1 atom stereocenters. The Hall–Kier alpha value is -2.14. The number of nitrogens with zero attached hydrogens (tertiary/aromatic N) is 3. The van der Waals surface area contributed by atoms with Gasteiger partial charge in [0, 0.05) is 56.4 Å². The van der Waals surface area contributed by atoms with Gasteiger partial charge in [0.15, 0.2) is 0 Å². The second-order valence-corrected chi connectivity index (χ2v) is 6.35. The molecule has 0 aliphatic carbocycles. The van der Waals surface area contributed by atoms with Crippen molar-refractivity contribution in [1.29, 1.82) is 0 Å². The Kier molecular flexibility index (Phi) is 10.3. The van der Waals surface area contributed by atoms with E-state index in [2.05, 4.69) is 25.9 Å². The molecule has 7 nitrogen and oxygen atoms in total. The number of piperazine rings is 1. The molecule has 0 spiro atoms. The molecule has 1 saturated heterocycles. The highest BCUT2D eigenvalue weighted by Gasteiger charge is 2.43. The van der Waals surface area contributed by atoms with Crippen LogP contribution in [0.2, 0.25) is 0 Å². The lowest BCUT2D eigenvalue weighted by Crippen LogP contribution is -2.57. The molecule has 166 valence electrons. The normalized spacial score (nSPS) is 15.3. The van der Waals surface area contributed by atoms with E-state index in [9.17, 15) is 18.0 Å². The molecule has 1 amide bonds. The van der Waals surface area contributed by atoms with E-state index in [0.29, 0.717) is 24.6 Å². The summed E-state index contributed by atoms with van der Waals surface area (Å²) in [5.74, 6) is -0.0666.